The summed E-state index contributed by atoms with van der Waals surface area (Å²) in [7, 11) is 0. The highest BCUT2D eigenvalue weighted by Crippen LogP contribution is 2.45. The van der Waals surface area contributed by atoms with Gasteiger partial charge in [0.2, 0.25) is 5.88 Å². The molecule has 1 aliphatic heterocycles. The van der Waals surface area contributed by atoms with Crippen molar-refractivity contribution in [1.82, 2.24) is 0 Å². The molecule has 0 spiro atoms. The molecule has 8 nitrogen and oxygen atoms in total. The van der Waals surface area contributed by atoms with Crippen molar-refractivity contribution in [2.24, 2.45) is 5.73 Å². The van der Waals surface area contributed by atoms with Crippen LogP contribution in [0.1, 0.15) is 35.1 Å². The Morgan fingerprint density at radius 2 is 1.66 bits per heavy atom. The Bertz CT molecular complexity index is 1770. The molecule has 1 unspecified atom stereocenters. The van der Waals surface area contributed by atoms with E-state index in [0.717, 1.165) is 16.7 Å². The van der Waals surface area contributed by atoms with E-state index in [9.17, 15) is 10.1 Å². The number of halogens is 2. The molecule has 0 fully saturated rings. The molecular weight excluding hydrogens is 603 g/mol. The third-order valence-electron chi connectivity index (χ3n) is 6.81. The maximum atomic E-state index is 12.5. The molecule has 44 heavy (non-hydrogen) atoms. The van der Waals surface area contributed by atoms with E-state index in [0.29, 0.717) is 51.8 Å². The quantitative estimate of drug-likeness (QED) is 0.142. The molecule has 0 radical (unpaired) electrons. The van der Waals surface area contributed by atoms with Crippen LogP contribution in [-0.2, 0) is 11.4 Å². The summed E-state index contributed by atoms with van der Waals surface area (Å²) >= 11 is 12.0. The van der Waals surface area contributed by atoms with Gasteiger partial charge in [-0.2, -0.15) is 5.26 Å². The smallest absolute Gasteiger partial charge is 0.349 e. The van der Waals surface area contributed by atoms with Gasteiger partial charge in [0.15, 0.2) is 18.1 Å². The van der Waals surface area contributed by atoms with Crippen molar-refractivity contribution >= 4 is 29.2 Å². The molecule has 0 amide bonds. The van der Waals surface area contributed by atoms with Crippen molar-refractivity contribution in [2.45, 2.75) is 26.4 Å². The highest BCUT2D eigenvalue weighted by atomic mass is 35.5. The average molecular weight is 632 g/mol. The zero-order valence-electron chi connectivity index (χ0n) is 23.9. The summed E-state index contributed by atoms with van der Waals surface area (Å²) in [5.41, 5.74) is 9.60. The maximum absolute atomic E-state index is 12.5. The Balaban J connectivity index is 1.36. The van der Waals surface area contributed by atoms with Crippen LogP contribution in [0.15, 0.2) is 90.3 Å². The summed E-state index contributed by atoms with van der Waals surface area (Å²) in [5.74, 6) is 0.965. The first kappa shape index (κ1) is 30.6. The molecule has 1 atom stereocenters. The number of allylic oxidation sites excluding steroid dienone is 1. The molecule has 2 N–H and O–H groups in total. The van der Waals surface area contributed by atoms with Crippen LogP contribution in [0.2, 0.25) is 10.0 Å². The number of benzene rings is 4. The number of hydrogen-bond acceptors (Lipinski definition) is 8. The topological polar surface area (TPSA) is 113 Å². The number of esters is 1. The summed E-state index contributed by atoms with van der Waals surface area (Å²) in [5, 5.41) is 11.2. The molecule has 5 rings (SSSR count). The molecule has 0 saturated heterocycles. The van der Waals surface area contributed by atoms with E-state index in [1.807, 2.05) is 38.1 Å². The van der Waals surface area contributed by atoms with Gasteiger partial charge in [-0.15, -0.1) is 0 Å². The summed E-state index contributed by atoms with van der Waals surface area (Å²) in [6.07, 6.45) is 0. The Morgan fingerprint density at radius 3 is 2.39 bits per heavy atom. The minimum absolute atomic E-state index is 0.0453. The minimum atomic E-state index is -0.608. The van der Waals surface area contributed by atoms with Crippen LogP contribution >= 0.6 is 23.2 Å². The molecule has 10 heteroatoms. The second-order valence-corrected chi connectivity index (χ2v) is 10.7. The zero-order valence-corrected chi connectivity index (χ0v) is 25.4. The fourth-order valence-electron chi connectivity index (χ4n) is 4.75. The van der Waals surface area contributed by atoms with Crippen molar-refractivity contribution < 1.29 is 28.5 Å². The first-order chi connectivity index (χ1) is 21.2. The largest absolute Gasteiger partial charge is 0.490 e. The number of hydrogen-bond donors (Lipinski definition) is 1. The Morgan fingerprint density at radius 1 is 0.909 bits per heavy atom. The van der Waals surface area contributed by atoms with E-state index in [1.165, 1.54) is 0 Å². The Labute approximate surface area is 265 Å². The monoisotopic (exact) mass is 630 g/mol. The summed E-state index contributed by atoms with van der Waals surface area (Å²) < 4.78 is 28.8. The van der Waals surface area contributed by atoms with E-state index in [2.05, 4.69) is 6.07 Å². The van der Waals surface area contributed by atoms with Gasteiger partial charge in [0.05, 0.1) is 12.5 Å². The number of aryl methyl sites for hydroxylation is 1. The summed E-state index contributed by atoms with van der Waals surface area (Å²) in [6, 6.07) is 25.1. The van der Waals surface area contributed by atoms with Crippen molar-refractivity contribution in [3.8, 4) is 34.8 Å². The predicted molar refractivity (Wildman–Crippen MR) is 166 cm³/mol. The van der Waals surface area contributed by atoms with Crippen LogP contribution in [-0.4, -0.2) is 19.2 Å². The number of fused-ring (bicyclic) bond motifs is 1. The van der Waals surface area contributed by atoms with Crippen LogP contribution in [0, 0.1) is 18.3 Å². The number of carbonyl (C=O) groups is 1. The molecule has 4 aromatic carbocycles. The second kappa shape index (κ2) is 13.6. The molecule has 1 heterocycles. The highest BCUT2D eigenvalue weighted by Gasteiger charge is 2.32. The summed E-state index contributed by atoms with van der Waals surface area (Å²) in [4.78, 5) is 12.5. The maximum Gasteiger partial charge on any atom is 0.349 e. The lowest BCUT2D eigenvalue weighted by Crippen LogP contribution is -2.22. The van der Waals surface area contributed by atoms with E-state index in [-0.39, 0.29) is 23.8 Å². The van der Waals surface area contributed by atoms with Crippen molar-refractivity contribution in [1.29, 1.82) is 5.26 Å². The number of nitrogens with two attached hydrogens (primary N) is 1. The van der Waals surface area contributed by atoms with Gasteiger partial charge in [-0.05, 0) is 79.1 Å². The molecule has 0 saturated carbocycles. The van der Waals surface area contributed by atoms with Gasteiger partial charge in [0.1, 0.15) is 35.5 Å². The first-order valence-electron chi connectivity index (χ1n) is 13.7. The SMILES string of the molecule is CCOc1cc(C2C(C#N)=C(N)Oc3cc(OC(=O)COc4ccc(Cl)cc4C)ccc32)ccc1OCc1ccc(Cl)cc1. The van der Waals surface area contributed by atoms with E-state index in [1.54, 1.807) is 54.6 Å². The van der Waals surface area contributed by atoms with Gasteiger partial charge >= 0.3 is 5.97 Å². The van der Waals surface area contributed by atoms with Crippen LogP contribution in [0.5, 0.6) is 28.7 Å². The predicted octanol–water partition coefficient (Wildman–Crippen LogP) is 7.48. The standard InChI is InChI=1S/C34H28Cl2N2O6/c1-3-40-31-15-22(6-12-29(31)41-18-21-4-7-23(35)8-5-21)33-26-11-10-25(16-30(26)44-34(38)27(33)17-37)43-32(39)19-42-28-13-9-24(36)14-20(28)2/h4-16,33H,3,18-19,38H2,1-2H3. The van der Waals surface area contributed by atoms with Gasteiger partial charge in [0.25, 0.3) is 0 Å². The molecule has 0 aliphatic carbocycles. The Kier molecular flexibility index (Phi) is 9.49. The molecular formula is C34H28Cl2N2O6. The van der Waals surface area contributed by atoms with Crippen molar-refractivity contribution in [3.05, 3.63) is 123 Å². The number of rotatable bonds is 10. The highest BCUT2D eigenvalue weighted by molar-refractivity contribution is 6.30. The summed E-state index contributed by atoms with van der Waals surface area (Å²) in [6.45, 7) is 4.12. The van der Waals surface area contributed by atoms with E-state index in [4.69, 9.17) is 52.6 Å². The minimum Gasteiger partial charge on any atom is -0.490 e. The van der Waals surface area contributed by atoms with Crippen LogP contribution in [0.3, 0.4) is 0 Å². The molecule has 224 valence electrons. The lowest BCUT2D eigenvalue weighted by atomic mass is 9.83. The van der Waals surface area contributed by atoms with Crippen LogP contribution in [0.25, 0.3) is 0 Å². The van der Waals surface area contributed by atoms with Gasteiger partial charge in [0, 0.05) is 21.7 Å². The molecule has 0 aromatic heterocycles. The number of nitrogens with zero attached hydrogens (tertiary/aromatic N) is 1. The lowest BCUT2D eigenvalue weighted by molar-refractivity contribution is -0.136. The fourth-order valence-corrected chi connectivity index (χ4v) is 5.10. The average Bonchev–Trinajstić information content (AvgIpc) is 3.00. The van der Waals surface area contributed by atoms with Crippen LogP contribution < -0.4 is 29.4 Å². The van der Waals surface area contributed by atoms with Gasteiger partial charge in [-0.3, -0.25) is 0 Å². The first-order valence-corrected chi connectivity index (χ1v) is 14.5. The van der Waals surface area contributed by atoms with Crippen molar-refractivity contribution in [2.75, 3.05) is 13.2 Å². The second-order valence-electron chi connectivity index (χ2n) is 9.85. The van der Waals surface area contributed by atoms with Crippen molar-refractivity contribution in [3.63, 3.8) is 0 Å². The molecule has 1 aliphatic rings. The fraction of sp³-hybridized carbons (Fsp3) is 0.176. The number of carbonyl (C=O) groups excluding carboxylic acids is 1. The molecule has 0 bridgehead atoms. The number of ether oxygens (including phenoxy) is 5. The Hall–Kier alpha value is -4.84. The van der Waals surface area contributed by atoms with Gasteiger partial charge in [-0.1, -0.05) is 47.5 Å². The molecule has 4 aromatic rings. The van der Waals surface area contributed by atoms with E-state index < -0.39 is 11.9 Å². The van der Waals surface area contributed by atoms with Gasteiger partial charge < -0.3 is 29.4 Å². The lowest BCUT2D eigenvalue weighted by Gasteiger charge is -2.27. The third-order valence-corrected chi connectivity index (χ3v) is 7.30. The van der Waals surface area contributed by atoms with Gasteiger partial charge in [-0.25, -0.2) is 4.79 Å². The third kappa shape index (κ3) is 7.03. The van der Waals surface area contributed by atoms with Crippen LogP contribution in [0.4, 0.5) is 0 Å². The zero-order chi connectivity index (χ0) is 31.2. The van der Waals surface area contributed by atoms with E-state index >= 15 is 0 Å². The number of nitriles is 1. The normalized spacial score (nSPS) is 13.8.